The summed E-state index contributed by atoms with van der Waals surface area (Å²) in [5, 5.41) is 9.31. The zero-order chi connectivity index (χ0) is 19.9. The van der Waals surface area contributed by atoms with Gasteiger partial charge in [0.25, 0.3) is 0 Å². The summed E-state index contributed by atoms with van der Waals surface area (Å²) in [4.78, 5) is 14.2. The van der Waals surface area contributed by atoms with Gasteiger partial charge < -0.3 is 23.7 Å². The molecule has 1 amide bonds. The van der Waals surface area contributed by atoms with Gasteiger partial charge in [0.2, 0.25) is 5.91 Å². The maximum Gasteiger partial charge on any atom is 0.233 e. The first-order valence-electron chi connectivity index (χ1n) is 9.34. The van der Waals surface area contributed by atoms with Crippen molar-refractivity contribution in [1.29, 1.82) is 0 Å². The van der Waals surface area contributed by atoms with Crippen molar-refractivity contribution in [2.24, 2.45) is 0 Å². The largest absolute Gasteiger partial charge is 0.497 e. The predicted molar refractivity (Wildman–Crippen MR) is 106 cm³/mol. The second-order valence-electron chi connectivity index (χ2n) is 6.31. The molecule has 1 aromatic heterocycles. The van der Waals surface area contributed by atoms with Crippen LogP contribution < -0.4 is 9.47 Å². The fourth-order valence-electron chi connectivity index (χ4n) is 2.97. The van der Waals surface area contributed by atoms with Crippen LogP contribution in [0.1, 0.15) is 25.8 Å². The topological polar surface area (TPSA) is 78.7 Å². The first-order valence-corrected chi connectivity index (χ1v) is 10.3. The lowest BCUT2D eigenvalue weighted by atomic mass is 10.3. The average molecular weight is 407 g/mol. The molecule has 0 spiro atoms. The summed E-state index contributed by atoms with van der Waals surface area (Å²) < 4.78 is 18.5. The Morgan fingerprint density at radius 3 is 2.75 bits per heavy atom. The molecular weight excluding hydrogens is 380 g/mol. The minimum absolute atomic E-state index is 0.0983. The van der Waals surface area contributed by atoms with Crippen LogP contribution in [0.4, 0.5) is 0 Å². The molecule has 8 nitrogen and oxygen atoms in total. The summed E-state index contributed by atoms with van der Waals surface area (Å²) in [6.07, 6.45) is -0.288. The Labute approximate surface area is 169 Å². The smallest absolute Gasteiger partial charge is 0.233 e. The average Bonchev–Trinajstić information content (AvgIpc) is 3.15. The SMILES string of the molecule is CCn1c(SCC(=O)N2CCOCC2)nnc1C(C)Oc1cccc(OC)c1. The molecule has 1 aliphatic heterocycles. The van der Waals surface area contributed by atoms with E-state index in [0.717, 1.165) is 16.7 Å². The van der Waals surface area contributed by atoms with Gasteiger partial charge in [0, 0.05) is 25.7 Å². The van der Waals surface area contributed by atoms with Crippen molar-refractivity contribution in [1.82, 2.24) is 19.7 Å². The Hall–Kier alpha value is -2.26. The number of aromatic nitrogens is 3. The molecule has 3 rings (SSSR count). The molecule has 0 radical (unpaired) electrons. The van der Waals surface area contributed by atoms with Gasteiger partial charge in [0.15, 0.2) is 17.1 Å². The van der Waals surface area contributed by atoms with Crippen molar-refractivity contribution in [3.63, 3.8) is 0 Å². The lowest BCUT2D eigenvalue weighted by Crippen LogP contribution is -2.41. The summed E-state index contributed by atoms with van der Waals surface area (Å²) in [5.74, 6) is 2.60. The molecule has 1 unspecified atom stereocenters. The van der Waals surface area contributed by atoms with Gasteiger partial charge in [-0.05, 0) is 26.0 Å². The van der Waals surface area contributed by atoms with E-state index in [1.807, 2.05) is 47.6 Å². The summed E-state index contributed by atoms with van der Waals surface area (Å²) in [5.41, 5.74) is 0. The van der Waals surface area contributed by atoms with Crippen molar-refractivity contribution < 1.29 is 19.0 Å². The van der Waals surface area contributed by atoms with Crippen LogP contribution in [0.15, 0.2) is 29.4 Å². The highest BCUT2D eigenvalue weighted by atomic mass is 32.2. The number of carbonyl (C=O) groups excluding carboxylic acids is 1. The summed E-state index contributed by atoms with van der Waals surface area (Å²) >= 11 is 1.41. The van der Waals surface area contributed by atoms with Gasteiger partial charge in [-0.3, -0.25) is 4.79 Å². The maximum absolute atomic E-state index is 12.4. The van der Waals surface area contributed by atoms with Gasteiger partial charge in [-0.1, -0.05) is 17.8 Å². The highest BCUT2D eigenvalue weighted by molar-refractivity contribution is 7.99. The van der Waals surface area contributed by atoms with E-state index in [0.29, 0.717) is 44.4 Å². The quantitative estimate of drug-likeness (QED) is 0.623. The Morgan fingerprint density at radius 1 is 1.29 bits per heavy atom. The van der Waals surface area contributed by atoms with Crippen molar-refractivity contribution in [3.8, 4) is 11.5 Å². The summed E-state index contributed by atoms with van der Waals surface area (Å²) in [6.45, 7) is 7.16. The van der Waals surface area contributed by atoms with Crippen LogP contribution in [0.3, 0.4) is 0 Å². The molecule has 2 aromatic rings. The van der Waals surface area contributed by atoms with Crippen molar-refractivity contribution in [2.75, 3.05) is 39.2 Å². The number of benzene rings is 1. The van der Waals surface area contributed by atoms with E-state index >= 15 is 0 Å². The standard InChI is InChI=1S/C19H26N4O4S/c1-4-23-18(14(2)27-16-7-5-6-15(12-16)25-3)20-21-19(23)28-13-17(24)22-8-10-26-11-9-22/h5-7,12,14H,4,8-11,13H2,1-3H3. The van der Waals surface area contributed by atoms with Gasteiger partial charge in [0.1, 0.15) is 11.5 Å². The van der Waals surface area contributed by atoms with Crippen LogP contribution in [0.25, 0.3) is 0 Å². The maximum atomic E-state index is 12.4. The number of nitrogens with zero attached hydrogens (tertiary/aromatic N) is 4. The van der Waals surface area contributed by atoms with E-state index in [4.69, 9.17) is 14.2 Å². The molecule has 1 fully saturated rings. The van der Waals surface area contributed by atoms with Crippen LogP contribution in [0, 0.1) is 0 Å². The Kier molecular flexibility index (Phi) is 7.16. The number of carbonyl (C=O) groups is 1. The Morgan fingerprint density at radius 2 is 2.04 bits per heavy atom. The van der Waals surface area contributed by atoms with Crippen molar-refractivity contribution >= 4 is 17.7 Å². The van der Waals surface area contributed by atoms with E-state index in [1.54, 1.807) is 7.11 Å². The minimum Gasteiger partial charge on any atom is -0.497 e. The van der Waals surface area contributed by atoms with E-state index in [9.17, 15) is 4.79 Å². The molecule has 1 aromatic carbocycles. The second kappa shape index (κ2) is 9.79. The fraction of sp³-hybridized carbons (Fsp3) is 0.526. The van der Waals surface area contributed by atoms with E-state index in [-0.39, 0.29) is 12.0 Å². The fourth-order valence-corrected chi connectivity index (χ4v) is 3.88. The first-order chi connectivity index (χ1) is 13.6. The van der Waals surface area contributed by atoms with Crippen LogP contribution in [0.2, 0.25) is 0 Å². The zero-order valence-electron chi connectivity index (χ0n) is 16.5. The number of morpholine rings is 1. The highest BCUT2D eigenvalue weighted by Crippen LogP contribution is 2.26. The normalized spacial score (nSPS) is 15.3. The van der Waals surface area contributed by atoms with Crippen molar-refractivity contribution in [3.05, 3.63) is 30.1 Å². The third-order valence-corrected chi connectivity index (χ3v) is 5.42. The molecule has 152 valence electrons. The van der Waals surface area contributed by atoms with Gasteiger partial charge in [-0.15, -0.1) is 10.2 Å². The molecule has 1 atom stereocenters. The van der Waals surface area contributed by atoms with E-state index in [1.165, 1.54) is 11.8 Å². The second-order valence-corrected chi connectivity index (χ2v) is 7.25. The Bertz CT molecular complexity index is 792. The minimum atomic E-state index is -0.288. The van der Waals surface area contributed by atoms with Crippen LogP contribution in [0.5, 0.6) is 11.5 Å². The number of hydrogen-bond donors (Lipinski definition) is 0. The Balaban J connectivity index is 1.64. The van der Waals surface area contributed by atoms with Crippen molar-refractivity contribution in [2.45, 2.75) is 31.7 Å². The highest BCUT2D eigenvalue weighted by Gasteiger charge is 2.21. The van der Waals surface area contributed by atoms with E-state index < -0.39 is 0 Å². The third kappa shape index (κ3) is 4.96. The molecule has 1 saturated heterocycles. The van der Waals surface area contributed by atoms with Gasteiger partial charge >= 0.3 is 0 Å². The number of methoxy groups -OCH3 is 1. The van der Waals surface area contributed by atoms with Gasteiger partial charge in [0.05, 0.1) is 26.1 Å². The van der Waals surface area contributed by atoms with Gasteiger partial charge in [-0.25, -0.2) is 0 Å². The van der Waals surface area contributed by atoms with Gasteiger partial charge in [-0.2, -0.15) is 0 Å². The number of thioether (sulfide) groups is 1. The molecule has 0 aliphatic carbocycles. The molecule has 0 N–H and O–H groups in total. The van der Waals surface area contributed by atoms with Crippen LogP contribution in [-0.2, 0) is 16.1 Å². The summed E-state index contributed by atoms with van der Waals surface area (Å²) in [7, 11) is 1.62. The monoisotopic (exact) mass is 406 g/mol. The molecular formula is C19H26N4O4S. The van der Waals surface area contributed by atoms with Crippen LogP contribution >= 0.6 is 11.8 Å². The molecule has 0 saturated carbocycles. The molecule has 1 aliphatic rings. The zero-order valence-corrected chi connectivity index (χ0v) is 17.3. The third-order valence-electron chi connectivity index (χ3n) is 4.47. The first kappa shape index (κ1) is 20.5. The number of amides is 1. The lowest BCUT2D eigenvalue weighted by molar-refractivity contribution is -0.132. The van der Waals surface area contributed by atoms with Crippen LogP contribution in [-0.4, -0.2) is 64.7 Å². The molecule has 2 heterocycles. The molecule has 9 heteroatoms. The molecule has 28 heavy (non-hydrogen) atoms. The van der Waals surface area contributed by atoms with E-state index in [2.05, 4.69) is 10.2 Å². The summed E-state index contributed by atoms with van der Waals surface area (Å²) in [6, 6.07) is 7.46. The number of ether oxygens (including phenoxy) is 3. The predicted octanol–water partition coefficient (Wildman–Crippen LogP) is 2.40. The number of hydrogen-bond acceptors (Lipinski definition) is 7. The molecule has 0 bridgehead atoms. The lowest BCUT2D eigenvalue weighted by Gasteiger charge is -2.26. The number of rotatable bonds is 8.